The third-order valence-corrected chi connectivity index (χ3v) is 5.54. The zero-order chi connectivity index (χ0) is 18.6. The zero-order valence-electron chi connectivity index (χ0n) is 14.2. The van der Waals surface area contributed by atoms with E-state index in [1.807, 2.05) is 0 Å². The average molecular weight is 369 g/mol. The summed E-state index contributed by atoms with van der Waals surface area (Å²) in [5.74, 6) is -1.45. The normalized spacial score (nSPS) is 18.2. The fraction of sp³-hybridized carbons (Fsp3) is 0.500. The van der Waals surface area contributed by atoms with E-state index >= 15 is 0 Å². The highest BCUT2D eigenvalue weighted by molar-refractivity contribution is 7.89. The van der Waals surface area contributed by atoms with Crippen LogP contribution in [0, 0.1) is 5.92 Å². The van der Waals surface area contributed by atoms with Crippen molar-refractivity contribution in [3.8, 4) is 0 Å². The van der Waals surface area contributed by atoms with Gasteiger partial charge < -0.3 is 15.3 Å². The van der Waals surface area contributed by atoms with Gasteiger partial charge in [0.05, 0.1) is 10.8 Å². The third kappa shape index (κ3) is 5.17. The smallest absolute Gasteiger partial charge is 0.321 e. The molecule has 0 radical (unpaired) electrons. The van der Waals surface area contributed by atoms with E-state index in [0.717, 1.165) is 0 Å². The molecule has 1 atom stereocenters. The van der Waals surface area contributed by atoms with Gasteiger partial charge in [-0.15, -0.1) is 0 Å². The number of anilines is 1. The van der Waals surface area contributed by atoms with Crippen LogP contribution in [0.2, 0.25) is 0 Å². The molecule has 2 rings (SSSR count). The molecule has 1 unspecified atom stereocenters. The summed E-state index contributed by atoms with van der Waals surface area (Å²) in [6.45, 7) is 4.14. The van der Waals surface area contributed by atoms with Gasteiger partial charge in [0.15, 0.2) is 0 Å². The molecule has 0 saturated carbocycles. The van der Waals surface area contributed by atoms with Gasteiger partial charge in [0.25, 0.3) is 0 Å². The topological polar surface area (TPSA) is 116 Å². The van der Waals surface area contributed by atoms with E-state index in [0.29, 0.717) is 25.1 Å². The number of benzene rings is 1. The molecule has 0 aliphatic carbocycles. The highest BCUT2D eigenvalue weighted by Gasteiger charge is 2.28. The Morgan fingerprint density at radius 3 is 2.44 bits per heavy atom. The molecule has 0 bridgehead atoms. The monoisotopic (exact) mass is 369 g/mol. The minimum Gasteiger partial charge on any atom is -0.481 e. The first-order valence-electron chi connectivity index (χ1n) is 8.10. The van der Waals surface area contributed by atoms with Gasteiger partial charge in [-0.3, -0.25) is 4.79 Å². The Labute approximate surface area is 147 Å². The van der Waals surface area contributed by atoms with Gasteiger partial charge in [0.2, 0.25) is 10.0 Å². The van der Waals surface area contributed by atoms with Crippen LogP contribution in [0.3, 0.4) is 0 Å². The molecule has 8 nitrogen and oxygen atoms in total. The lowest BCUT2D eigenvalue weighted by atomic mass is 9.99. The van der Waals surface area contributed by atoms with Crippen molar-refractivity contribution in [3.05, 3.63) is 24.3 Å². The van der Waals surface area contributed by atoms with E-state index in [1.165, 1.54) is 29.2 Å². The first kappa shape index (κ1) is 19.2. The lowest BCUT2D eigenvalue weighted by Crippen LogP contribution is -2.44. The molecule has 1 aromatic rings. The van der Waals surface area contributed by atoms with Crippen molar-refractivity contribution >= 4 is 27.7 Å². The van der Waals surface area contributed by atoms with Gasteiger partial charge in [-0.2, -0.15) is 0 Å². The fourth-order valence-corrected chi connectivity index (χ4v) is 3.91. The maximum absolute atomic E-state index is 12.3. The van der Waals surface area contributed by atoms with Gasteiger partial charge in [-0.25, -0.2) is 17.9 Å². The summed E-state index contributed by atoms with van der Waals surface area (Å²) in [6, 6.07) is 5.23. The first-order valence-corrected chi connectivity index (χ1v) is 9.58. The van der Waals surface area contributed by atoms with Crippen LogP contribution in [-0.4, -0.2) is 49.6 Å². The number of hydrogen-bond donors (Lipinski definition) is 3. The quantitative estimate of drug-likeness (QED) is 0.730. The highest BCUT2D eigenvalue weighted by Crippen LogP contribution is 2.19. The predicted molar refractivity (Wildman–Crippen MR) is 92.9 cm³/mol. The molecule has 0 aromatic heterocycles. The number of sulfonamides is 1. The third-order valence-electron chi connectivity index (χ3n) is 3.86. The highest BCUT2D eigenvalue weighted by atomic mass is 32.2. The van der Waals surface area contributed by atoms with Crippen LogP contribution in [0.4, 0.5) is 10.5 Å². The average Bonchev–Trinajstić information content (AvgIpc) is 2.54. The van der Waals surface area contributed by atoms with Gasteiger partial charge >= 0.3 is 12.0 Å². The predicted octanol–water partition coefficient (Wildman–Crippen LogP) is 1.70. The van der Waals surface area contributed by atoms with Crippen molar-refractivity contribution in [2.75, 3.05) is 18.4 Å². The number of piperidine rings is 1. The van der Waals surface area contributed by atoms with Gasteiger partial charge in [-0.1, -0.05) is 0 Å². The summed E-state index contributed by atoms with van der Waals surface area (Å²) in [7, 11) is -3.58. The van der Waals surface area contributed by atoms with E-state index in [2.05, 4.69) is 10.0 Å². The standard InChI is InChI=1S/C16H23N3O5S/c1-11(2)18-25(23,24)14-7-5-13(6-8-14)17-16(22)19-9-3-4-12(10-19)15(20)21/h5-8,11-12,18H,3-4,9-10H2,1-2H3,(H,17,22)(H,20,21). The molecule has 1 aromatic carbocycles. The van der Waals surface area contributed by atoms with Crippen molar-refractivity contribution in [1.82, 2.24) is 9.62 Å². The molecule has 0 spiro atoms. The Morgan fingerprint density at radius 2 is 1.88 bits per heavy atom. The maximum atomic E-state index is 12.3. The lowest BCUT2D eigenvalue weighted by Gasteiger charge is -2.30. The van der Waals surface area contributed by atoms with Crippen LogP contribution in [0.25, 0.3) is 0 Å². The van der Waals surface area contributed by atoms with E-state index in [-0.39, 0.29) is 23.5 Å². The van der Waals surface area contributed by atoms with E-state index in [1.54, 1.807) is 13.8 Å². The molecule has 1 aliphatic rings. The number of aliphatic carboxylic acids is 1. The molecule has 1 fully saturated rings. The van der Waals surface area contributed by atoms with E-state index in [9.17, 15) is 18.0 Å². The Balaban J connectivity index is 2.01. The molecule has 138 valence electrons. The fourth-order valence-electron chi connectivity index (χ4n) is 2.66. The summed E-state index contributed by atoms with van der Waals surface area (Å²) in [6.07, 6.45) is 1.21. The van der Waals surface area contributed by atoms with Crippen LogP contribution in [-0.2, 0) is 14.8 Å². The van der Waals surface area contributed by atoms with E-state index in [4.69, 9.17) is 5.11 Å². The van der Waals surface area contributed by atoms with Crippen molar-refractivity contribution in [3.63, 3.8) is 0 Å². The number of amides is 2. The molecular formula is C16H23N3O5S. The number of likely N-dealkylation sites (tertiary alicyclic amines) is 1. The summed E-state index contributed by atoms with van der Waals surface area (Å²) in [5, 5.41) is 11.7. The molecule has 2 amide bonds. The number of nitrogens with one attached hydrogen (secondary N) is 2. The van der Waals surface area contributed by atoms with Crippen LogP contribution < -0.4 is 10.0 Å². The number of hydrogen-bond acceptors (Lipinski definition) is 4. The van der Waals surface area contributed by atoms with Gasteiger partial charge in [-0.05, 0) is 51.0 Å². The lowest BCUT2D eigenvalue weighted by molar-refractivity contribution is -0.143. The molecule has 1 saturated heterocycles. The summed E-state index contributed by atoms with van der Waals surface area (Å²) in [4.78, 5) is 24.9. The number of carbonyl (C=O) groups excluding carboxylic acids is 1. The number of urea groups is 1. The molecule has 25 heavy (non-hydrogen) atoms. The van der Waals surface area contributed by atoms with Crippen LogP contribution in [0.1, 0.15) is 26.7 Å². The summed E-state index contributed by atoms with van der Waals surface area (Å²) in [5.41, 5.74) is 0.450. The molecular weight excluding hydrogens is 346 g/mol. The SMILES string of the molecule is CC(C)NS(=O)(=O)c1ccc(NC(=O)N2CCCC(C(=O)O)C2)cc1. The Kier molecular flexibility index (Phi) is 6.02. The van der Waals surface area contributed by atoms with Crippen LogP contribution in [0.5, 0.6) is 0 Å². The number of nitrogens with zero attached hydrogens (tertiary/aromatic N) is 1. The molecule has 1 heterocycles. The van der Waals surface area contributed by atoms with Crippen molar-refractivity contribution < 1.29 is 23.1 Å². The Morgan fingerprint density at radius 1 is 1.24 bits per heavy atom. The second-order valence-electron chi connectivity index (χ2n) is 6.35. The molecule has 3 N–H and O–H groups in total. The number of carbonyl (C=O) groups is 2. The largest absolute Gasteiger partial charge is 0.481 e. The minimum atomic E-state index is -3.58. The summed E-state index contributed by atoms with van der Waals surface area (Å²) >= 11 is 0. The zero-order valence-corrected chi connectivity index (χ0v) is 15.0. The van der Waals surface area contributed by atoms with Crippen LogP contribution >= 0.6 is 0 Å². The molecule has 1 aliphatic heterocycles. The second-order valence-corrected chi connectivity index (χ2v) is 8.07. The van der Waals surface area contributed by atoms with Gasteiger partial charge in [0.1, 0.15) is 0 Å². The maximum Gasteiger partial charge on any atom is 0.321 e. The Hall–Kier alpha value is -2.13. The number of rotatable bonds is 5. The number of carboxylic acid groups (broad SMARTS) is 1. The Bertz CT molecular complexity index is 731. The number of carboxylic acids is 1. The van der Waals surface area contributed by atoms with Crippen molar-refractivity contribution in [2.24, 2.45) is 5.92 Å². The molecule has 9 heteroatoms. The van der Waals surface area contributed by atoms with Crippen molar-refractivity contribution in [1.29, 1.82) is 0 Å². The first-order chi connectivity index (χ1) is 11.7. The van der Waals surface area contributed by atoms with Crippen LogP contribution in [0.15, 0.2) is 29.2 Å². The van der Waals surface area contributed by atoms with Gasteiger partial charge in [0, 0.05) is 24.8 Å². The van der Waals surface area contributed by atoms with E-state index < -0.39 is 21.9 Å². The van der Waals surface area contributed by atoms with Crippen molar-refractivity contribution in [2.45, 2.75) is 37.6 Å². The summed E-state index contributed by atoms with van der Waals surface area (Å²) < 4.78 is 26.6. The second kappa shape index (κ2) is 7.83. The minimum absolute atomic E-state index is 0.114.